The number of aromatic nitrogens is 1. The molecule has 1 saturated carbocycles. The van der Waals surface area contributed by atoms with Crippen LogP contribution in [0.2, 0.25) is 0 Å². The second-order valence-corrected chi connectivity index (χ2v) is 19.5. The van der Waals surface area contributed by atoms with Crippen LogP contribution in [0.15, 0.2) is 63.9 Å². The minimum atomic E-state index is -0.739. The number of aliphatic imine (C=N–C) groups is 1. The van der Waals surface area contributed by atoms with Crippen LogP contribution in [0, 0.1) is 0 Å². The molecule has 0 radical (unpaired) electrons. The number of hydrogen-bond donors (Lipinski definition) is 4. The van der Waals surface area contributed by atoms with Crippen molar-refractivity contribution in [1.29, 1.82) is 0 Å². The molecule has 1 aromatic carbocycles. The van der Waals surface area contributed by atoms with E-state index in [0.29, 0.717) is 164 Å². The third kappa shape index (κ3) is 18.4. The lowest BCUT2D eigenvalue weighted by molar-refractivity contribution is -0.133. The summed E-state index contributed by atoms with van der Waals surface area (Å²) in [4.78, 5) is 78.8. The van der Waals surface area contributed by atoms with E-state index >= 15 is 0 Å². The summed E-state index contributed by atoms with van der Waals surface area (Å²) < 4.78 is 33.9. The molecule has 20 nitrogen and oxygen atoms in total. The molecule has 3 aliphatic heterocycles. The Balaban J connectivity index is 0.746. The first-order valence-corrected chi connectivity index (χ1v) is 27.0. The van der Waals surface area contributed by atoms with Crippen molar-refractivity contribution in [3.63, 3.8) is 0 Å². The van der Waals surface area contributed by atoms with Crippen molar-refractivity contribution < 1.29 is 57.5 Å². The standard InChI is InChI=1S/C54H75BrN8O12/c1-3-15-61(18-19-64)51(67)41-33-40-8-9-43(36-47(40)60-48(56)35-41)54(12-13-54)53(69)59-44-34-42-38-62(17-10-46(42)58-37-44)50(66)11-20-70-22-24-72-26-28-74-30-31-75-29-27-73-25-23-71-21-14-57-49(65)7-5-4-6-16-63-39(2)32-45(55)52(63)68/h8-9,32-34,36-37,64H,2-7,10-31,35,38H2,1H3,(H2,56,60)(H,57,65)(H,59,69). The van der Waals surface area contributed by atoms with E-state index in [4.69, 9.17) is 34.2 Å². The van der Waals surface area contributed by atoms with E-state index in [2.05, 4.69) is 43.1 Å². The van der Waals surface area contributed by atoms with Gasteiger partial charge in [-0.25, -0.2) is 4.99 Å². The van der Waals surface area contributed by atoms with Crippen LogP contribution in [0.3, 0.4) is 0 Å². The zero-order chi connectivity index (χ0) is 53.4. The molecule has 1 fully saturated rings. The van der Waals surface area contributed by atoms with Gasteiger partial charge in [0.2, 0.25) is 23.6 Å². The topological polar surface area (TPSA) is 246 Å². The van der Waals surface area contributed by atoms with E-state index in [9.17, 15) is 29.1 Å². The Bertz CT molecular complexity index is 2370. The Hall–Kier alpha value is -5.39. The van der Waals surface area contributed by atoms with Crippen LogP contribution in [-0.2, 0) is 70.8 Å². The summed E-state index contributed by atoms with van der Waals surface area (Å²) in [7, 11) is 0. The Kier molecular flexibility index (Phi) is 24.3. The lowest BCUT2D eigenvalue weighted by Crippen LogP contribution is -2.37. The van der Waals surface area contributed by atoms with Crippen molar-refractivity contribution in [2.24, 2.45) is 10.7 Å². The number of benzene rings is 1. The Morgan fingerprint density at radius 1 is 0.867 bits per heavy atom. The van der Waals surface area contributed by atoms with Gasteiger partial charge < -0.3 is 64.6 Å². The molecule has 5 N–H and O–H groups in total. The second kappa shape index (κ2) is 31.0. The molecule has 1 aromatic heterocycles. The smallest absolute Gasteiger partial charge is 0.265 e. The molecule has 75 heavy (non-hydrogen) atoms. The number of unbranched alkanes of at least 4 members (excludes halogenated alkanes) is 2. The molecule has 4 heterocycles. The zero-order valence-corrected chi connectivity index (χ0v) is 45.0. The summed E-state index contributed by atoms with van der Waals surface area (Å²) in [5.41, 5.74) is 11.3. The van der Waals surface area contributed by atoms with Crippen LogP contribution in [0.5, 0.6) is 0 Å². The largest absolute Gasteiger partial charge is 0.395 e. The highest BCUT2D eigenvalue weighted by Crippen LogP contribution is 2.50. The molecule has 21 heteroatoms. The van der Waals surface area contributed by atoms with Gasteiger partial charge in [0.25, 0.3) is 5.91 Å². The summed E-state index contributed by atoms with van der Waals surface area (Å²) in [6.45, 7) is 13.3. The van der Waals surface area contributed by atoms with Crippen molar-refractivity contribution >= 4 is 68.8 Å². The molecule has 0 spiro atoms. The maximum Gasteiger partial charge on any atom is 0.265 e. The third-order valence-electron chi connectivity index (χ3n) is 13.1. The van der Waals surface area contributed by atoms with Gasteiger partial charge in [-0.3, -0.25) is 29.0 Å². The summed E-state index contributed by atoms with van der Waals surface area (Å²) in [6, 6.07) is 7.58. The molecule has 0 bridgehead atoms. The van der Waals surface area contributed by atoms with E-state index in [-0.39, 0.29) is 62.1 Å². The number of halogens is 1. The molecule has 0 atom stereocenters. The van der Waals surface area contributed by atoms with Crippen LogP contribution in [0.25, 0.3) is 6.08 Å². The molecule has 4 aliphatic rings. The number of hydrogen-bond acceptors (Lipinski definition) is 15. The lowest BCUT2D eigenvalue weighted by atomic mass is 9.92. The van der Waals surface area contributed by atoms with Crippen molar-refractivity contribution in [2.45, 2.75) is 83.1 Å². The molecular formula is C54H75BrN8O12. The lowest BCUT2D eigenvalue weighted by Gasteiger charge is -2.29. The van der Waals surface area contributed by atoms with E-state index in [1.54, 1.807) is 33.0 Å². The minimum absolute atomic E-state index is 0.0158. The van der Waals surface area contributed by atoms with Crippen LogP contribution in [-0.4, -0.2) is 179 Å². The van der Waals surface area contributed by atoms with Gasteiger partial charge in [-0.1, -0.05) is 32.1 Å². The molecule has 0 saturated heterocycles. The number of nitrogens with two attached hydrogens (primary N) is 1. The number of nitrogens with zero attached hydrogens (tertiary/aromatic N) is 5. The monoisotopic (exact) mass is 1110 g/mol. The fourth-order valence-corrected chi connectivity index (χ4v) is 9.34. The van der Waals surface area contributed by atoms with Crippen molar-refractivity contribution in [3.8, 4) is 0 Å². The average Bonchev–Trinajstić information content (AvgIpc) is 4.20. The summed E-state index contributed by atoms with van der Waals surface area (Å²) in [5, 5.41) is 15.4. The zero-order valence-electron chi connectivity index (χ0n) is 43.4. The quantitative estimate of drug-likeness (QED) is 0.0698. The van der Waals surface area contributed by atoms with Crippen LogP contribution in [0.4, 0.5) is 11.4 Å². The average molecular weight is 1110 g/mol. The van der Waals surface area contributed by atoms with E-state index in [1.165, 1.54) is 0 Å². The first-order valence-electron chi connectivity index (χ1n) is 26.2. The summed E-state index contributed by atoms with van der Waals surface area (Å²) >= 11 is 3.23. The van der Waals surface area contributed by atoms with Gasteiger partial charge in [0.15, 0.2) is 0 Å². The number of nitrogens with one attached hydrogen (secondary N) is 2. The molecule has 6 rings (SSSR count). The number of amides is 5. The van der Waals surface area contributed by atoms with E-state index in [1.807, 2.05) is 31.2 Å². The van der Waals surface area contributed by atoms with Crippen LogP contribution < -0.4 is 16.4 Å². The van der Waals surface area contributed by atoms with Gasteiger partial charge in [-0.15, -0.1) is 0 Å². The fraction of sp³-hybridized carbons (Fsp3) is 0.574. The summed E-state index contributed by atoms with van der Waals surface area (Å²) in [6.07, 6.45) is 11.2. The molecule has 1 aliphatic carbocycles. The van der Waals surface area contributed by atoms with Crippen molar-refractivity contribution in [2.75, 3.05) is 124 Å². The molecular weight excluding hydrogens is 1030 g/mol. The van der Waals surface area contributed by atoms with Gasteiger partial charge in [-0.2, -0.15) is 0 Å². The van der Waals surface area contributed by atoms with E-state index in [0.717, 1.165) is 48.1 Å². The maximum atomic E-state index is 13.9. The highest BCUT2D eigenvalue weighted by Gasteiger charge is 2.51. The predicted molar refractivity (Wildman–Crippen MR) is 286 cm³/mol. The SMILES string of the molecule is C=C1C=C(Br)C(=O)N1CCCCCC(=O)NCCOCCOCCOCCOCCOCCOCCC(=O)N1CCc2ncc(NC(=O)C3(c4ccc5c(c4)N=C(N)CC(C(=O)N(CCC)CCO)=C5)CC3)cc2C1. The summed E-state index contributed by atoms with van der Waals surface area (Å²) in [5.74, 6) is -0.128. The van der Waals surface area contributed by atoms with Crippen LogP contribution >= 0.6 is 15.9 Å². The number of aliphatic hydroxyl groups is 1. The number of pyridine rings is 1. The van der Waals surface area contributed by atoms with Gasteiger partial charge in [-0.05, 0) is 83.4 Å². The number of amidine groups is 1. The number of allylic oxidation sites excluding steroid dienone is 1. The van der Waals surface area contributed by atoms with E-state index < -0.39 is 5.41 Å². The van der Waals surface area contributed by atoms with Crippen LogP contribution in [0.1, 0.15) is 87.1 Å². The van der Waals surface area contributed by atoms with Crippen molar-refractivity contribution in [3.05, 3.63) is 81.3 Å². The van der Waals surface area contributed by atoms with Gasteiger partial charge >= 0.3 is 0 Å². The number of ether oxygens (including phenoxy) is 6. The Morgan fingerprint density at radius 3 is 2.16 bits per heavy atom. The first kappa shape index (κ1) is 58.9. The maximum absolute atomic E-state index is 13.9. The van der Waals surface area contributed by atoms with Gasteiger partial charge in [0.05, 0.1) is 120 Å². The number of anilines is 1. The molecule has 0 unspecified atom stereocenters. The molecule has 2 aromatic rings. The number of rotatable bonds is 35. The minimum Gasteiger partial charge on any atom is -0.395 e. The van der Waals surface area contributed by atoms with Gasteiger partial charge in [0, 0.05) is 81.1 Å². The second-order valence-electron chi connectivity index (χ2n) is 18.7. The number of carbonyl (C=O) groups excluding carboxylic acids is 5. The molecule has 410 valence electrons. The number of carbonyl (C=O) groups is 5. The molecule has 5 amide bonds. The van der Waals surface area contributed by atoms with Crippen molar-refractivity contribution in [1.82, 2.24) is 25.0 Å². The fourth-order valence-electron chi connectivity index (χ4n) is 8.86. The first-order chi connectivity index (χ1) is 36.4. The highest BCUT2D eigenvalue weighted by molar-refractivity contribution is 9.12. The normalized spacial score (nSPS) is 15.6. The highest BCUT2D eigenvalue weighted by atomic mass is 79.9. The van der Waals surface area contributed by atoms with Gasteiger partial charge in [0.1, 0.15) is 5.84 Å². The number of fused-ring (bicyclic) bond motifs is 2. The number of aliphatic hydroxyl groups excluding tert-OH is 1. The predicted octanol–water partition coefficient (Wildman–Crippen LogP) is 4.44. The Morgan fingerprint density at radius 2 is 1.53 bits per heavy atom. The Labute approximate surface area is 448 Å². The third-order valence-corrected chi connectivity index (χ3v) is 13.6.